The van der Waals surface area contributed by atoms with E-state index in [9.17, 15) is 4.79 Å². The molecule has 0 aliphatic rings. The van der Waals surface area contributed by atoms with Crippen LogP contribution in [-0.2, 0) is 0 Å². The van der Waals surface area contributed by atoms with Crippen molar-refractivity contribution in [3.05, 3.63) is 45.8 Å². The highest BCUT2D eigenvalue weighted by atomic mass is 35.5. The first-order valence-electron chi connectivity index (χ1n) is 5.64. The number of benzene rings is 1. The van der Waals surface area contributed by atoms with E-state index in [0.717, 1.165) is 0 Å². The van der Waals surface area contributed by atoms with Gasteiger partial charge in [0.2, 0.25) is 5.71 Å². The van der Waals surface area contributed by atoms with Crippen LogP contribution in [0.2, 0.25) is 10.0 Å². The van der Waals surface area contributed by atoms with Gasteiger partial charge in [-0.3, -0.25) is 0 Å². The summed E-state index contributed by atoms with van der Waals surface area (Å²) in [5.41, 5.74) is 1.83. The molecule has 1 aromatic carbocycles. The largest absolute Gasteiger partial charge is 0.477 e. The maximum atomic E-state index is 11.2. The van der Waals surface area contributed by atoms with Crippen LogP contribution in [0.3, 0.4) is 0 Å². The smallest absolute Gasteiger partial charge is 0.343 e. The minimum Gasteiger partial charge on any atom is -0.477 e. The lowest BCUT2D eigenvalue weighted by atomic mass is 10.2. The number of hydrogen-bond acceptors (Lipinski definition) is 3. The van der Waals surface area contributed by atoms with Gasteiger partial charge < -0.3 is 9.52 Å². The Morgan fingerprint density at radius 2 is 2.15 bits per heavy atom. The second kappa shape index (κ2) is 4.54. The first-order chi connectivity index (χ1) is 9.49. The molecule has 20 heavy (non-hydrogen) atoms. The van der Waals surface area contributed by atoms with Gasteiger partial charge in [-0.05, 0) is 25.1 Å². The van der Waals surface area contributed by atoms with Crippen molar-refractivity contribution in [3.8, 4) is 11.3 Å². The fourth-order valence-electron chi connectivity index (χ4n) is 2.06. The van der Waals surface area contributed by atoms with Gasteiger partial charge in [-0.2, -0.15) is 9.61 Å². The molecule has 0 aliphatic heterocycles. The standard InChI is InChI=1S/C13H8Cl2N2O3/c1-6-11(13(18)19)12-17(16-6)10(5-20-12)8-3-2-7(14)4-9(8)15/h2-5H,1H3,(H,18,19). The first-order valence-corrected chi connectivity index (χ1v) is 6.40. The number of halogens is 2. The van der Waals surface area contributed by atoms with Crippen LogP contribution in [0.4, 0.5) is 0 Å². The fraction of sp³-hybridized carbons (Fsp3) is 0.0769. The molecule has 0 amide bonds. The number of carbonyl (C=O) groups is 1. The summed E-state index contributed by atoms with van der Waals surface area (Å²) in [4.78, 5) is 11.2. The summed E-state index contributed by atoms with van der Waals surface area (Å²) < 4.78 is 6.75. The number of aromatic carboxylic acids is 1. The normalized spacial score (nSPS) is 11.2. The Hall–Kier alpha value is -1.98. The zero-order chi connectivity index (χ0) is 14.4. The molecular formula is C13H8Cl2N2O3. The fourth-order valence-corrected chi connectivity index (χ4v) is 2.57. The van der Waals surface area contributed by atoms with Crippen LogP contribution >= 0.6 is 23.2 Å². The molecule has 0 aliphatic carbocycles. The molecule has 0 radical (unpaired) electrons. The summed E-state index contributed by atoms with van der Waals surface area (Å²) >= 11 is 12.0. The van der Waals surface area contributed by atoms with Crippen molar-refractivity contribution >= 4 is 34.9 Å². The number of fused-ring (bicyclic) bond motifs is 1. The van der Waals surface area contributed by atoms with Crippen molar-refractivity contribution in [2.75, 3.05) is 0 Å². The highest BCUT2D eigenvalue weighted by molar-refractivity contribution is 6.36. The van der Waals surface area contributed by atoms with Gasteiger partial charge in [0.15, 0.2) is 0 Å². The van der Waals surface area contributed by atoms with Crippen LogP contribution < -0.4 is 0 Å². The Kier molecular flexibility index (Phi) is 2.96. The van der Waals surface area contributed by atoms with Crippen molar-refractivity contribution in [1.82, 2.24) is 9.61 Å². The monoisotopic (exact) mass is 310 g/mol. The van der Waals surface area contributed by atoms with Gasteiger partial charge in [0.05, 0.1) is 10.7 Å². The van der Waals surface area contributed by atoms with Gasteiger partial charge in [0.25, 0.3) is 0 Å². The molecule has 3 rings (SSSR count). The van der Waals surface area contributed by atoms with Crippen LogP contribution in [0.5, 0.6) is 0 Å². The molecule has 3 aromatic rings. The first kappa shape index (κ1) is 13.0. The van der Waals surface area contributed by atoms with Gasteiger partial charge in [0, 0.05) is 10.6 Å². The average molecular weight is 311 g/mol. The Morgan fingerprint density at radius 3 is 2.80 bits per heavy atom. The van der Waals surface area contributed by atoms with Crippen LogP contribution in [0, 0.1) is 6.92 Å². The van der Waals surface area contributed by atoms with E-state index < -0.39 is 5.97 Å². The maximum Gasteiger partial charge on any atom is 0.343 e. The number of carboxylic acids is 1. The molecule has 0 saturated heterocycles. The summed E-state index contributed by atoms with van der Waals surface area (Å²) in [6.45, 7) is 1.61. The molecule has 0 saturated carbocycles. The van der Waals surface area contributed by atoms with Gasteiger partial charge in [-0.25, -0.2) is 4.79 Å². The second-order valence-electron chi connectivity index (χ2n) is 4.23. The number of aryl methyl sites for hydroxylation is 1. The minimum atomic E-state index is -1.08. The average Bonchev–Trinajstić information content (AvgIpc) is 2.87. The number of nitrogens with zero attached hydrogens (tertiary/aromatic N) is 2. The van der Waals surface area contributed by atoms with Crippen molar-refractivity contribution < 1.29 is 14.3 Å². The Bertz CT molecular complexity index is 836. The minimum absolute atomic E-state index is 0.0429. The van der Waals surface area contributed by atoms with Crippen molar-refractivity contribution in [1.29, 1.82) is 0 Å². The van der Waals surface area contributed by atoms with E-state index in [1.165, 1.54) is 10.8 Å². The molecule has 0 atom stereocenters. The summed E-state index contributed by atoms with van der Waals surface area (Å²) in [6.07, 6.45) is 1.42. The van der Waals surface area contributed by atoms with Crippen LogP contribution in [0.25, 0.3) is 17.0 Å². The summed E-state index contributed by atoms with van der Waals surface area (Å²) in [5.74, 6) is -1.08. The number of rotatable bonds is 2. The van der Waals surface area contributed by atoms with E-state index in [4.69, 9.17) is 32.7 Å². The highest BCUT2D eigenvalue weighted by Crippen LogP contribution is 2.32. The summed E-state index contributed by atoms with van der Waals surface area (Å²) in [6, 6.07) is 5.02. The topological polar surface area (TPSA) is 67.7 Å². The molecule has 5 nitrogen and oxygen atoms in total. The molecule has 0 bridgehead atoms. The molecule has 7 heteroatoms. The molecule has 0 spiro atoms. The lowest BCUT2D eigenvalue weighted by Gasteiger charge is -2.01. The van der Waals surface area contributed by atoms with E-state index >= 15 is 0 Å². The van der Waals surface area contributed by atoms with E-state index in [0.29, 0.717) is 27.0 Å². The molecule has 1 N–H and O–H groups in total. The molecule has 2 aromatic heterocycles. The van der Waals surface area contributed by atoms with E-state index in [1.807, 2.05) is 0 Å². The van der Waals surface area contributed by atoms with Crippen molar-refractivity contribution in [2.24, 2.45) is 0 Å². The molecule has 2 heterocycles. The van der Waals surface area contributed by atoms with E-state index in [1.54, 1.807) is 25.1 Å². The lowest BCUT2D eigenvalue weighted by Crippen LogP contribution is -1.96. The van der Waals surface area contributed by atoms with Gasteiger partial charge in [-0.15, -0.1) is 0 Å². The summed E-state index contributed by atoms with van der Waals surface area (Å²) in [7, 11) is 0. The predicted octanol–water partition coefficient (Wildman–Crippen LogP) is 3.91. The predicted molar refractivity (Wildman–Crippen MR) is 74.6 cm³/mol. The van der Waals surface area contributed by atoms with Crippen LogP contribution in [0.15, 0.2) is 28.9 Å². The van der Waals surface area contributed by atoms with E-state index in [-0.39, 0.29) is 11.3 Å². The highest BCUT2D eigenvalue weighted by Gasteiger charge is 2.22. The zero-order valence-corrected chi connectivity index (χ0v) is 11.7. The second-order valence-corrected chi connectivity index (χ2v) is 5.07. The number of aromatic nitrogens is 2. The third kappa shape index (κ3) is 1.87. The number of oxazole rings is 1. The van der Waals surface area contributed by atoms with Crippen LogP contribution in [0.1, 0.15) is 16.1 Å². The molecule has 0 unspecified atom stereocenters. The number of hydrogen-bond donors (Lipinski definition) is 1. The zero-order valence-electron chi connectivity index (χ0n) is 10.2. The maximum absolute atomic E-state index is 11.2. The summed E-state index contributed by atoms with van der Waals surface area (Å²) in [5, 5.41) is 14.3. The Labute approximate surface area is 123 Å². The quantitative estimate of drug-likeness (QED) is 0.779. The lowest BCUT2D eigenvalue weighted by molar-refractivity contribution is 0.0697. The molecule has 102 valence electrons. The number of carboxylic acid groups (broad SMARTS) is 1. The van der Waals surface area contributed by atoms with Gasteiger partial charge >= 0.3 is 5.97 Å². The molecule has 0 fully saturated rings. The van der Waals surface area contributed by atoms with Gasteiger partial charge in [-0.1, -0.05) is 23.2 Å². The third-order valence-electron chi connectivity index (χ3n) is 2.95. The third-order valence-corrected chi connectivity index (χ3v) is 3.50. The van der Waals surface area contributed by atoms with E-state index in [2.05, 4.69) is 5.10 Å². The Balaban J connectivity index is 2.28. The SMILES string of the molecule is Cc1nn2c(-c3ccc(Cl)cc3Cl)coc2c1C(=O)O. The van der Waals surface area contributed by atoms with Crippen molar-refractivity contribution in [2.45, 2.75) is 6.92 Å². The van der Waals surface area contributed by atoms with Crippen LogP contribution in [-0.4, -0.2) is 20.7 Å². The Morgan fingerprint density at radius 1 is 1.40 bits per heavy atom. The van der Waals surface area contributed by atoms with Gasteiger partial charge in [0.1, 0.15) is 17.5 Å². The van der Waals surface area contributed by atoms with Crippen molar-refractivity contribution in [3.63, 3.8) is 0 Å². The molecular weight excluding hydrogens is 303 g/mol.